The number of fused-ring (bicyclic) bond motifs is 5. The van der Waals surface area contributed by atoms with Crippen LogP contribution in [0.5, 0.6) is 23.3 Å². The fraction of sp³-hybridized carbons (Fsp3) is 0.351. The zero-order valence-corrected chi connectivity index (χ0v) is 27.6. The van der Waals surface area contributed by atoms with Gasteiger partial charge >= 0.3 is 17.7 Å². The predicted octanol–water partition coefficient (Wildman–Crippen LogP) is 5.13. The number of hydrogen-bond acceptors (Lipinski definition) is 9. The van der Waals surface area contributed by atoms with Gasteiger partial charge in [0.1, 0.15) is 29.4 Å². The number of aliphatic carboxylic acids is 1. The van der Waals surface area contributed by atoms with Gasteiger partial charge in [-0.3, -0.25) is 9.36 Å². The number of carbonyl (C=O) groups is 1. The Bertz CT molecular complexity index is 1970. The second-order valence-corrected chi connectivity index (χ2v) is 12.5. The van der Waals surface area contributed by atoms with E-state index in [9.17, 15) is 14.7 Å². The molecule has 2 N–H and O–H groups in total. The van der Waals surface area contributed by atoms with Crippen molar-refractivity contribution in [2.45, 2.75) is 51.7 Å². The van der Waals surface area contributed by atoms with Crippen LogP contribution in [0.15, 0.2) is 65.5 Å². The normalized spacial score (nSPS) is 15.8. The van der Waals surface area contributed by atoms with Crippen LogP contribution in [-0.4, -0.2) is 58.0 Å². The minimum Gasteiger partial charge on any atom is -0.497 e. The maximum absolute atomic E-state index is 13.7. The Kier molecular flexibility index (Phi) is 9.10. The molecule has 0 fully saturated rings. The number of nitrogens with zero attached hydrogens (tertiary/aromatic N) is 4. The number of ether oxygens (including phenoxy) is 4. The fourth-order valence-corrected chi connectivity index (χ4v) is 6.59. The molecule has 7 rings (SSSR count). The Morgan fingerprint density at radius 3 is 2.27 bits per heavy atom. The van der Waals surface area contributed by atoms with Crippen molar-refractivity contribution in [2.75, 3.05) is 32.3 Å². The number of aryl methyl sites for hydroxylation is 1. The quantitative estimate of drug-likeness (QED) is 0.229. The lowest BCUT2D eigenvalue weighted by Crippen LogP contribution is -2.28. The number of methoxy groups -OCH3 is 2. The van der Waals surface area contributed by atoms with E-state index in [0.29, 0.717) is 43.1 Å². The molecule has 12 heteroatoms. The first kappa shape index (κ1) is 32.0. The van der Waals surface area contributed by atoms with Crippen LogP contribution in [0.3, 0.4) is 0 Å². The molecule has 49 heavy (non-hydrogen) atoms. The number of carboxylic acid groups (broad SMARTS) is 1. The molecule has 0 aliphatic carbocycles. The summed E-state index contributed by atoms with van der Waals surface area (Å²) in [6.07, 6.45) is 3.78. The highest BCUT2D eigenvalue weighted by atomic mass is 16.5. The van der Waals surface area contributed by atoms with Crippen LogP contribution >= 0.6 is 0 Å². The van der Waals surface area contributed by atoms with Crippen LogP contribution < -0.4 is 29.5 Å². The number of rotatable bonds is 8. The number of imidazole rings is 1. The second kappa shape index (κ2) is 13.9. The minimum absolute atomic E-state index is 0.149. The summed E-state index contributed by atoms with van der Waals surface area (Å²) >= 11 is 0. The van der Waals surface area contributed by atoms with Gasteiger partial charge in [0.25, 0.3) is 0 Å². The van der Waals surface area contributed by atoms with E-state index in [1.54, 1.807) is 18.8 Å². The third kappa shape index (κ3) is 6.89. The summed E-state index contributed by atoms with van der Waals surface area (Å²) in [6, 6.07) is 20.0. The molecule has 0 radical (unpaired) electrons. The van der Waals surface area contributed by atoms with Gasteiger partial charge in [0.2, 0.25) is 0 Å². The zero-order valence-electron chi connectivity index (χ0n) is 27.6. The molecular weight excluding hydrogens is 626 g/mol. The number of aromatic amines is 1. The summed E-state index contributed by atoms with van der Waals surface area (Å²) in [4.78, 5) is 40.4. The van der Waals surface area contributed by atoms with E-state index < -0.39 is 11.9 Å². The predicted molar refractivity (Wildman–Crippen MR) is 183 cm³/mol. The molecule has 0 saturated heterocycles. The molecular formula is C37H39N5O7. The Balaban J connectivity index is 1.33. The maximum Gasteiger partial charge on any atom is 0.328 e. The van der Waals surface area contributed by atoms with Gasteiger partial charge in [0.05, 0.1) is 33.3 Å². The number of carboxylic acids is 1. The summed E-state index contributed by atoms with van der Waals surface area (Å²) in [5.41, 5.74) is 5.40. The standard InChI is InChI=1S/C37H39N5O7/c1-46-29-11-7-23(8-12-29)19-41(20-24-9-13-30(47-2)14-10-24)33-31-34-40-36(39-33)48-15-5-3-4-6-26-16-25(21-42(34)37(45)38-31)17-27-18-28(35(43)44)22-49-32(26)27/h7-14,16-17,28H,3-6,15,18-22H2,1-2H3,(H,38,45)(H,43,44). The van der Waals surface area contributed by atoms with Crippen molar-refractivity contribution in [1.82, 2.24) is 19.5 Å². The van der Waals surface area contributed by atoms with Crippen LogP contribution in [0, 0.1) is 5.92 Å². The Hall–Kier alpha value is -5.52. The molecule has 2 aliphatic heterocycles. The number of aromatic nitrogens is 4. The Labute approximate surface area is 283 Å². The van der Waals surface area contributed by atoms with Crippen molar-refractivity contribution in [3.05, 3.63) is 99.0 Å². The average Bonchev–Trinajstić information content (AvgIpc) is 3.43. The molecule has 254 valence electrons. The van der Waals surface area contributed by atoms with E-state index in [1.807, 2.05) is 54.6 Å². The molecule has 1 atom stereocenters. The first-order valence-electron chi connectivity index (χ1n) is 16.5. The van der Waals surface area contributed by atoms with Crippen molar-refractivity contribution < 1.29 is 28.8 Å². The summed E-state index contributed by atoms with van der Waals surface area (Å²) in [5, 5.41) is 9.70. The van der Waals surface area contributed by atoms with Crippen molar-refractivity contribution in [1.29, 1.82) is 0 Å². The van der Waals surface area contributed by atoms with Gasteiger partial charge in [-0.1, -0.05) is 36.4 Å². The molecule has 1 unspecified atom stereocenters. The van der Waals surface area contributed by atoms with Gasteiger partial charge in [-0.2, -0.15) is 9.97 Å². The Morgan fingerprint density at radius 2 is 1.61 bits per heavy atom. The van der Waals surface area contributed by atoms with Gasteiger partial charge in [-0.25, -0.2) is 4.79 Å². The van der Waals surface area contributed by atoms with Crippen molar-refractivity contribution >= 4 is 23.0 Å². The van der Waals surface area contributed by atoms with Gasteiger partial charge in [-0.15, -0.1) is 0 Å². The molecule has 2 aromatic heterocycles. The van der Waals surface area contributed by atoms with E-state index in [-0.39, 0.29) is 24.9 Å². The largest absolute Gasteiger partial charge is 0.497 e. The highest BCUT2D eigenvalue weighted by Crippen LogP contribution is 2.35. The third-order valence-electron chi connectivity index (χ3n) is 9.16. The van der Waals surface area contributed by atoms with E-state index in [4.69, 9.17) is 28.9 Å². The highest BCUT2D eigenvalue weighted by molar-refractivity contribution is 5.84. The van der Waals surface area contributed by atoms with E-state index in [1.165, 1.54) is 0 Å². The van der Waals surface area contributed by atoms with Crippen LogP contribution in [0.1, 0.15) is 47.1 Å². The molecule has 4 heterocycles. The lowest BCUT2D eigenvalue weighted by Gasteiger charge is -2.26. The molecule has 0 amide bonds. The highest BCUT2D eigenvalue weighted by Gasteiger charge is 2.28. The number of benzene rings is 3. The van der Waals surface area contributed by atoms with Gasteiger partial charge in [0, 0.05) is 13.1 Å². The summed E-state index contributed by atoms with van der Waals surface area (Å²) < 4.78 is 24.5. The molecule has 5 aromatic rings. The molecule has 0 saturated carbocycles. The number of anilines is 1. The van der Waals surface area contributed by atoms with Gasteiger partial charge in [0.15, 0.2) is 11.5 Å². The summed E-state index contributed by atoms with van der Waals surface area (Å²) in [6.45, 7) is 1.76. The van der Waals surface area contributed by atoms with Crippen molar-refractivity contribution in [2.24, 2.45) is 5.92 Å². The lowest BCUT2D eigenvalue weighted by molar-refractivity contribution is -0.143. The SMILES string of the molecule is COc1ccc(CN(Cc2ccc(OC)cc2)c2nc3nc4c2[nH]c(=O)n4Cc2cc(c4c(c2)CC(C(=O)O)CO4)CCCCCO3)cc1. The van der Waals surface area contributed by atoms with E-state index in [2.05, 4.69) is 16.0 Å². The summed E-state index contributed by atoms with van der Waals surface area (Å²) in [7, 11) is 3.28. The lowest BCUT2D eigenvalue weighted by atomic mass is 9.91. The molecule has 3 aromatic carbocycles. The van der Waals surface area contributed by atoms with E-state index in [0.717, 1.165) is 70.7 Å². The van der Waals surface area contributed by atoms with Gasteiger partial charge < -0.3 is 33.9 Å². The first-order valence-corrected chi connectivity index (χ1v) is 16.5. The average molecular weight is 666 g/mol. The molecule has 2 aliphatic rings. The monoisotopic (exact) mass is 665 g/mol. The van der Waals surface area contributed by atoms with Crippen LogP contribution in [0.2, 0.25) is 0 Å². The minimum atomic E-state index is -0.877. The topological polar surface area (TPSA) is 141 Å². The zero-order chi connectivity index (χ0) is 33.9. The van der Waals surface area contributed by atoms with Crippen LogP contribution in [0.25, 0.3) is 11.2 Å². The molecule has 0 spiro atoms. The third-order valence-corrected chi connectivity index (χ3v) is 9.16. The maximum atomic E-state index is 13.7. The number of nitrogens with one attached hydrogen (secondary N) is 1. The summed E-state index contributed by atoms with van der Waals surface area (Å²) in [5.74, 6) is 1.34. The molecule has 4 bridgehead atoms. The van der Waals surface area contributed by atoms with Crippen molar-refractivity contribution in [3.63, 3.8) is 0 Å². The Morgan fingerprint density at radius 1 is 0.939 bits per heavy atom. The molecule has 12 nitrogen and oxygen atoms in total. The van der Waals surface area contributed by atoms with Crippen LogP contribution in [-0.2, 0) is 37.3 Å². The smallest absolute Gasteiger partial charge is 0.328 e. The van der Waals surface area contributed by atoms with Crippen molar-refractivity contribution in [3.8, 4) is 23.3 Å². The number of hydrogen-bond donors (Lipinski definition) is 2. The fourth-order valence-electron chi connectivity index (χ4n) is 6.59. The number of H-pyrrole nitrogens is 1. The van der Waals surface area contributed by atoms with Crippen LogP contribution in [0.4, 0.5) is 5.82 Å². The van der Waals surface area contributed by atoms with Gasteiger partial charge in [-0.05, 0) is 84.2 Å². The first-order chi connectivity index (χ1) is 23.9. The second-order valence-electron chi connectivity index (χ2n) is 12.5. The van der Waals surface area contributed by atoms with E-state index >= 15 is 0 Å².